The number of urea groups is 1. The molecule has 0 aromatic rings. The first-order chi connectivity index (χ1) is 6.59. The minimum absolute atomic E-state index is 0.153. The second kappa shape index (κ2) is 3.44. The van der Waals surface area contributed by atoms with Gasteiger partial charge in [0.2, 0.25) is 0 Å². The van der Waals surface area contributed by atoms with Gasteiger partial charge in [-0.1, -0.05) is 13.8 Å². The Balaban J connectivity index is 1.78. The third-order valence-electron chi connectivity index (χ3n) is 3.45. The molecule has 2 amide bonds. The smallest absolute Gasteiger partial charge is 0.317 e. The molecular weight excluding hydrogens is 176 g/mol. The number of carbonyl (C=O) groups is 1. The molecule has 1 unspecified atom stereocenters. The number of carbonyl (C=O) groups excluding carboxylic acids is 1. The lowest BCUT2D eigenvalue weighted by Crippen LogP contribution is -2.44. The zero-order valence-corrected chi connectivity index (χ0v) is 9.18. The Bertz CT molecular complexity index is 231. The number of likely N-dealkylation sites (tertiary alicyclic amines) is 1. The van der Waals surface area contributed by atoms with Gasteiger partial charge in [0, 0.05) is 19.1 Å². The highest BCUT2D eigenvalue weighted by atomic mass is 16.2. The molecule has 14 heavy (non-hydrogen) atoms. The summed E-state index contributed by atoms with van der Waals surface area (Å²) in [5.74, 6) is 0. The number of amides is 2. The molecule has 3 nitrogen and oxygen atoms in total. The van der Waals surface area contributed by atoms with E-state index in [9.17, 15) is 4.79 Å². The number of hydrogen-bond donors (Lipinski definition) is 1. The van der Waals surface area contributed by atoms with E-state index in [1.54, 1.807) is 0 Å². The zero-order valence-electron chi connectivity index (χ0n) is 9.18. The number of hydrogen-bond acceptors (Lipinski definition) is 1. The van der Waals surface area contributed by atoms with Gasteiger partial charge in [-0.3, -0.25) is 0 Å². The summed E-state index contributed by atoms with van der Waals surface area (Å²) >= 11 is 0. The lowest BCUT2D eigenvalue weighted by Gasteiger charge is -2.27. The van der Waals surface area contributed by atoms with Crippen molar-refractivity contribution in [3.05, 3.63) is 0 Å². The summed E-state index contributed by atoms with van der Waals surface area (Å²) in [6.45, 7) is 6.29. The molecule has 2 aliphatic rings. The molecule has 0 spiro atoms. The monoisotopic (exact) mass is 196 g/mol. The van der Waals surface area contributed by atoms with E-state index in [0.717, 1.165) is 19.5 Å². The predicted octanol–water partition coefficient (Wildman–Crippen LogP) is 1.98. The van der Waals surface area contributed by atoms with E-state index in [-0.39, 0.29) is 6.03 Å². The third kappa shape index (κ3) is 2.02. The van der Waals surface area contributed by atoms with E-state index in [0.29, 0.717) is 11.5 Å². The van der Waals surface area contributed by atoms with Gasteiger partial charge in [0.1, 0.15) is 0 Å². The minimum atomic E-state index is 0.153. The van der Waals surface area contributed by atoms with Crippen molar-refractivity contribution in [2.75, 3.05) is 13.1 Å². The second-order valence-electron chi connectivity index (χ2n) is 5.24. The summed E-state index contributed by atoms with van der Waals surface area (Å²) in [5.41, 5.74) is 0.339. The van der Waals surface area contributed by atoms with Gasteiger partial charge in [0.05, 0.1) is 0 Å². The van der Waals surface area contributed by atoms with Crippen molar-refractivity contribution in [2.24, 2.45) is 5.41 Å². The molecule has 1 N–H and O–H groups in total. The van der Waals surface area contributed by atoms with Gasteiger partial charge in [-0.15, -0.1) is 0 Å². The van der Waals surface area contributed by atoms with Crippen LogP contribution in [0.2, 0.25) is 0 Å². The van der Waals surface area contributed by atoms with Gasteiger partial charge < -0.3 is 10.2 Å². The number of nitrogens with zero attached hydrogens (tertiary/aromatic N) is 1. The third-order valence-corrected chi connectivity index (χ3v) is 3.45. The summed E-state index contributed by atoms with van der Waals surface area (Å²) in [6.07, 6.45) is 4.74. The molecule has 0 radical (unpaired) electrons. The van der Waals surface area contributed by atoms with Crippen LogP contribution >= 0.6 is 0 Å². The highest BCUT2D eigenvalue weighted by Gasteiger charge is 2.47. The van der Waals surface area contributed by atoms with Gasteiger partial charge in [-0.05, 0) is 31.1 Å². The molecule has 0 bridgehead atoms. The summed E-state index contributed by atoms with van der Waals surface area (Å²) in [5, 5.41) is 3.10. The maximum Gasteiger partial charge on any atom is 0.317 e. The Morgan fingerprint density at radius 3 is 2.36 bits per heavy atom. The summed E-state index contributed by atoms with van der Waals surface area (Å²) in [4.78, 5) is 13.7. The Kier molecular flexibility index (Phi) is 2.41. The SMILES string of the molecule is CC1(C)CC1NC(=O)N1CCCCC1. The van der Waals surface area contributed by atoms with E-state index in [4.69, 9.17) is 0 Å². The van der Waals surface area contributed by atoms with Crippen LogP contribution in [0.5, 0.6) is 0 Å². The van der Waals surface area contributed by atoms with E-state index < -0.39 is 0 Å². The molecule has 80 valence electrons. The van der Waals surface area contributed by atoms with Crippen LogP contribution in [0.1, 0.15) is 39.5 Å². The molecule has 1 saturated carbocycles. The topological polar surface area (TPSA) is 32.3 Å². The number of rotatable bonds is 1. The van der Waals surface area contributed by atoms with Crippen LogP contribution in [0.15, 0.2) is 0 Å². The second-order valence-corrected chi connectivity index (χ2v) is 5.24. The van der Waals surface area contributed by atoms with Crippen molar-refractivity contribution >= 4 is 6.03 Å². The molecule has 0 aromatic carbocycles. The Labute approximate surface area is 85.8 Å². The Morgan fingerprint density at radius 1 is 1.29 bits per heavy atom. The summed E-state index contributed by atoms with van der Waals surface area (Å²) in [6, 6.07) is 0.567. The largest absolute Gasteiger partial charge is 0.335 e. The normalized spacial score (nSPS) is 29.9. The lowest BCUT2D eigenvalue weighted by molar-refractivity contribution is 0.185. The molecule has 1 heterocycles. The average Bonchev–Trinajstić information content (AvgIpc) is 2.75. The van der Waals surface area contributed by atoms with Crippen molar-refractivity contribution in [3.63, 3.8) is 0 Å². The molecule has 0 aromatic heterocycles. The maximum absolute atomic E-state index is 11.8. The van der Waals surface area contributed by atoms with Gasteiger partial charge in [-0.2, -0.15) is 0 Å². The molecule has 2 rings (SSSR count). The van der Waals surface area contributed by atoms with Crippen molar-refractivity contribution in [1.29, 1.82) is 0 Å². The highest BCUT2D eigenvalue weighted by Crippen LogP contribution is 2.44. The maximum atomic E-state index is 11.8. The molecule has 1 atom stereocenters. The fourth-order valence-electron chi connectivity index (χ4n) is 2.05. The van der Waals surface area contributed by atoms with Gasteiger partial charge >= 0.3 is 6.03 Å². The van der Waals surface area contributed by atoms with Crippen LogP contribution < -0.4 is 5.32 Å². The standard InChI is InChI=1S/C11H20N2O/c1-11(2)8-9(11)12-10(14)13-6-4-3-5-7-13/h9H,3-8H2,1-2H3,(H,12,14). The fraction of sp³-hybridized carbons (Fsp3) is 0.909. The van der Waals surface area contributed by atoms with Crippen LogP contribution in [0.3, 0.4) is 0 Å². The average molecular weight is 196 g/mol. The van der Waals surface area contributed by atoms with Gasteiger partial charge in [0.15, 0.2) is 0 Å². The Morgan fingerprint density at radius 2 is 1.86 bits per heavy atom. The molecule has 2 fully saturated rings. The first kappa shape index (κ1) is 9.81. The van der Waals surface area contributed by atoms with Crippen molar-refractivity contribution in [3.8, 4) is 0 Å². The van der Waals surface area contributed by atoms with Crippen LogP contribution in [-0.2, 0) is 0 Å². The van der Waals surface area contributed by atoms with Crippen molar-refractivity contribution in [1.82, 2.24) is 10.2 Å². The zero-order chi connectivity index (χ0) is 10.2. The van der Waals surface area contributed by atoms with Crippen molar-refractivity contribution in [2.45, 2.75) is 45.6 Å². The van der Waals surface area contributed by atoms with Gasteiger partial charge in [-0.25, -0.2) is 4.79 Å². The highest BCUT2D eigenvalue weighted by molar-refractivity contribution is 5.75. The lowest BCUT2D eigenvalue weighted by atomic mass is 10.1. The Hall–Kier alpha value is -0.730. The van der Waals surface area contributed by atoms with Crippen LogP contribution in [0.25, 0.3) is 0 Å². The van der Waals surface area contributed by atoms with E-state index >= 15 is 0 Å². The summed E-state index contributed by atoms with van der Waals surface area (Å²) in [7, 11) is 0. The van der Waals surface area contributed by atoms with Crippen LogP contribution in [0.4, 0.5) is 4.79 Å². The quantitative estimate of drug-likeness (QED) is 0.683. The van der Waals surface area contributed by atoms with Crippen LogP contribution in [0, 0.1) is 5.41 Å². The predicted molar refractivity (Wildman–Crippen MR) is 56.1 cm³/mol. The summed E-state index contributed by atoms with van der Waals surface area (Å²) < 4.78 is 0. The van der Waals surface area contributed by atoms with E-state index in [2.05, 4.69) is 19.2 Å². The molecule has 1 aliphatic heterocycles. The molecule has 1 aliphatic carbocycles. The van der Waals surface area contributed by atoms with Gasteiger partial charge in [0.25, 0.3) is 0 Å². The molecule has 1 saturated heterocycles. The van der Waals surface area contributed by atoms with Crippen molar-refractivity contribution < 1.29 is 4.79 Å². The van der Waals surface area contributed by atoms with Crippen LogP contribution in [-0.4, -0.2) is 30.1 Å². The number of piperidine rings is 1. The first-order valence-corrected chi connectivity index (χ1v) is 5.65. The molecular formula is C11H20N2O. The molecule has 3 heteroatoms. The number of nitrogens with one attached hydrogen (secondary N) is 1. The minimum Gasteiger partial charge on any atom is -0.335 e. The van der Waals surface area contributed by atoms with E-state index in [1.807, 2.05) is 4.90 Å². The first-order valence-electron chi connectivity index (χ1n) is 5.65. The fourth-order valence-corrected chi connectivity index (χ4v) is 2.05. The van der Waals surface area contributed by atoms with E-state index in [1.165, 1.54) is 19.3 Å².